The summed E-state index contributed by atoms with van der Waals surface area (Å²) in [5.74, 6) is -1.19. The molecule has 7 heteroatoms. The molecule has 3 aromatic rings. The Morgan fingerprint density at radius 1 is 1.11 bits per heavy atom. The average molecular weight is 542 g/mol. The first-order chi connectivity index (χ1) is 17.9. The second-order valence-electron chi connectivity index (χ2n) is 10.4. The smallest absolute Gasteiger partial charge is 0.335 e. The molecule has 0 saturated carbocycles. The molecule has 0 aromatic heterocycles. The van der Waals surface area contributed by atoms with Crippen molar-refractivity contribution in [2.75, 3.05) is 20.3 Å². The van der Waals surface area contributed by atoms with Crippen LogP contribution in [0.1, 0.15) is 59.5 Å². The van der Waals surface area contributed by atoms with Crippen LogP contribution in [0.2, 0.25) is 5.02 Å². The Morgan fingerprint density at radius 2 is 1.82 bits per heavy atom. The summed E-state index contributed by atoms with van der Waals surface area (Å²) in [5, 5.41) is 13.4. The lowest BCUT2D eigenvalue weighted by Gasteiger charge is -2.30. The van der Waals surface area contributed by atoms with Crippen LogP contribution in [0.4, 0.5) is 4.39 Å². The molecule has 0 aliphatic heterocycles. The van der Waals surface area contributed by atoms with E-state index in [-0.39, 0.29) is 18.0 Å². The second kappa shape index (κ2) is 12.9. The van der Waals surface area contributed by atoms with Gasteiger partial charge in [-0.25, -0.2) is 9.18 Å². The summed E-state index contributed by atoms with van der Waals surface area (Å²) in [6.07, 6.45) is 0.0348. The predicted octanol–water partition coefficient (Wildman–Crippen LogP) is 7.16. The number of aromatic carboxylic acids is 1. The highest BCUT2D eigenvalue weighted by Crippen LogP contribution is 2.31. The number of ether oxygens (including phenoxy) is 2. The monoisotopic (exact) mass is 541 g/mol. The Balaban J connectivity index is 1.64. The van der Waals surface area contributed by atoms with Crippen LogP contribution in [0.5, 0.6) is 0 Å². The number of carboxylic acids is 1. The van der Waals surface area contributed by atoms with E-state index in [1.807, 2.05) is 57.2 Å². The predicted molar refractivity (Wildman–Crippen MR) is 151 cm³/mol. The van der Waals surface area contributed by atoms with E-state index in [0.29, 0.717) is 41.3 Å². The zero-order chi connectivity index (χ0) is 28.0. The number of methoxy groups -OCH3 is 1. The lowest BCUT2D eigenvalue weighted by molar-refractivity contribution is -0.0233. The lowest BCUT2D eigenvalue weighted by Crippen LogP contribution is -2.46. The Labute approximate surface area is 229 Å². The molecule has 0 spiro atoms. The Kier molecular flexibility index (Phi) is 10.1. The van der Waals surface area contributed by atoms with Crippen molar-refractivity contribution in [2.24, 2.45) is 0 Å². The second-order valence-corrected chi connectivity index (χ2v) is 10.8. The van der Waals surface area contributed by atoms with Gasteiger partial charge in [-0.1, -0.05) is 48.0 Å². The average Bonchev–Trinajstić information content (AvgIpc) is 2.86. The summed E-state index contributed by atoms with van der Waals surface area (Å²) < 4.78 is 26.4. The van der Waals surface area contributed by atoms with Crippen LogP contribution in [0.25, 0.3) is 11.1 Å². The standard InChI is InChI=1S/C31H37ClFNO4/c1-19-13-22(11-12-25(19)30(35)36)27-10-8-7-9-26(27)21(3)38-18-24(37-6)17-34-31(4,5)16-23-15-28(32)20(2)14-29(23)33/h7-15,21,24,34H,16-18H2,1-6H3,(H,35,36)/t21-,24-/m1/s1. The van der Waals surface area contributed by atoms with Crippen LogP contribution in [-0.2, 0) is 15.9 Å². The number of carboxylic acid groups (broad SMARTS) is 1. The van der Waals surface area contributed by atoms with Crippen molar-refractivity contribution in [2.45, 2.75) is 58.8 Å². The molecule has 2 N–H and O–H groups in total. The molecule has 3 aromatic carbocycles. The van der Waals surface area contributed by atoms with Crippen molar-refractivity contribution in [3.05, 3.63) is 93.3 Å². The van der Waals surface area contributed by atoms with Gasteiger partial charge in [-0.3, -0.25) is 0 Å². The van der Waals surface area contributed by atoms with Gasteiger partial charge >= 0.3 is 5.97 Å². The third kappa shape index (κ3) is 7.64. The summed E-state index contributed by atoms with van der Waals surface area (Å²) in [4.78, 5) is 11.4. The first-order valence-electron chi connectivity index (χ1n) is 12.7. The van der Waals surface area contributed by atoms with Gasteiger partial charge in [0.25, 0.3) is 0 Å². The maximum atomic E-state index is 14.5. The quantitative estimate of drug-likeness (QED) is 0.254. The number of benzene rings is 3. The van der Waals surface area contributed by atoms with E-state index in [1.165, 1.54) is 6.07 Å². The molecule has 0 unspecified atom stereocenters. The van der Waals surface area contributed by atoms with E-state index < -0.39 is 11.5 Å². The Hall–Kier alpha value is -2.77. The lowest BCUT2D eigenvalue weighted by atomic mass is 9.93. The molecule has 38 heavy (non-hydrogen) atoms. The van der Waals surface area contributed by atoms with Crippen molar-refractivity contribution in [1.29, 1.82) is 0 Å². The first-order valence-corrected chi connectivity index (χ1v) is 13.1. The maximum Gasteiger partial charge on any atom is 0.335 e. The van der Waals surface area contributed by atoms with Crippen LogP contribution >= 0.6 is 11.6 Å². The summed E-state index contributed by atoms with van der Waals surface area (Å²) in [7, 11) is 1.65. The molecular formula is C31H37ClFNO4. The van der Waals surface area contributed by atoms with E-state index in [9.17, 15) is 14.3 Å². The van der Waals surface area contributed by atoms with E-state index in [1.54, 1.807) is 33.1 Å². The molecule has 0 aliphatic rings. The van der Waals surface area contributed by atoms with Crippen LogP contribution in [0.15, 0.2) is 54.6 Å². The minimum absolute atomic E-state index is 0.215. The fourth-order valence-electron chi connectivity index (χ4n) is 4.49. The highest BCUT2D eigenvalue weighted by molar-refractivity contribution is 6.31. The zero-order valence-corrected chi connectivity index (χ0v) is 23.7. The summed E-state index contributed by atoms with van der Waals surface area (Å²) in [5.41, 5.74) is 4.83. The number of halogens is 2. The van der Waals surface area contributed by atoms with Crippen LogP contribution in [-0.4, -0.2) is 43.0 Å². The highest BCUT2D eigenvalue weighted by Gasteiger charge is 2.23. The largest absolute Gasteiger partial charge is 0.478 e. The van der Waals surface area contributed by atoms with Gasteiger partial charge in [0.15, 0.2) is 0 Å². The van der Waals surface area contributed by atoms with E-state index in [0.717, 1.165) is 22.3 Å². The minimum atomic E-state index is -0.936. The van der Waals surface area contributed by atoms with Gasteiger partial charge in [0, 0.05) is 24.2 Å². The number of nitrogens with one attached hydrogen (secondary N) is 1. The number of hydrogen-bond acceptors (Lipinski definition) is 4. The Bertz CT molecular complexity index is 1280. The molecule has 0 bridgehead atoms. The SMILES string of the molecule is CO[C@H](CNC(C)(C)Cc1cc(Cl)c(C)cc1F)CO[C@H](C)c1ccccc1-c1ccc(C(=O)O)c(C)c1. The number of rotatable bonds is 12. The molecule has 0 heterocycles. The molecule has 0 fully saturated rings. The number of aryl methyl sites for hydroxylation is 2. The molecule has 204 valence electrons. The van der Waals surface area contributed by atoms with Crippen LogP contribution in [0, 0.1) is 19.7 Å². The van der Waals surface area contributed by atoms with Gasteiger partial charge in [0.2, 0.25) is 0 Å². The third-order valence-corrected chi connectivity index (χ3v) is 7.21. The van der Waals surface area contributed by atoms with E-state index in [4.69, 9.17) is 21.1 Å². The van der Waals surface area contributed by atoms with Gasteiger partial charge in [-0.15, -0.1) is 0 Å². The van der Waals surface area contributed by atoms with Gasteiger partial charge < -0.3 is 19.9 Å². The third-order valence-electron chi connectivity index (χ3n) is 6.80. The molecule has 5 nitrogen and oxygen atoms in total. The van der Waals surface area contributed by atoms with Crippen molar-refractivity contribution in [3.8, 4) is 11.1 Å². The fourth-order valence-corrected chi connectivity index (χ4v) is 4.68. The van der Waals surface area contributed by atoms with Crippen LogP contribution in [0.3, 0.4) is 0 Å². The van der Waals surface area contributed by atoms with Crippen molar-refractivity contribution in [1.82, 2.24) is 5.32 Å². The fraction of sp³-hybridized carbons (Fsp3) is 0.387. The Morgan fingerprint density at radius 3 is 2.47 bits per heavy atom. The van der Waals surface area contributed by atoms with E-state index in [2.05, 4.69) is 5.32 Å². The van der Waals surface area contributed by atoms with Gasteiger partial charge in [0.05, 0.1) is 24.4 Å². The minimum Gasteiger partial charge on any atom is -0.478 e. The number of hydrogen-bond donors (Lipinski definition) is 2. The highest BCUT2D eigenvalue weighted by atomic mass is 35.5. The molecule has 2 atom stereocenters. The first kappa shape index (κ1) is 29.8. The molecule has 0 saturated heterocycles. The van der Waals surface area contributed by atoms with Gasteiger partial charge in [0.1, 0.15) is 5.82 Å². The maximum absolute atomic E-state index is 14.5. The van der Waals surface area contributed by atoms with Crippen molar-refractivity contribution in [3.63, 3.8) is 0 Å². The van der Waals surface area contributed by atoms with Gasteiger partial charge in [-0.05, 0) is 92.6 Å². The van der Waals surface area contributed by atoms with Crippen LogP contribution < -0.4 is 5.32 Å². The topological polar surface area (TPSA) is 67.8 Å². The summed E-state index contributed by atoms with van der Waals surface area (Å²) in [6, 6.07) is 16.5. The normalized spacial score (nSPS) is 13.4. The van der Waals surface area contributed by atoms with Gasteiger partial charge in [-0.2, -0.15) is 0 Å². The number of carbonyl (C=O) groups is 1. The molecule has 0 amide bonds. The summed E-state index contributed by atoms with van der Waals surface area (Å²) in [6.45, 7) is 10.5. The molecular weight excluding hydrogens is 505 g/mol. The van der Waals surface area contributed by atoms with Crippen molar-refractivity contribution >= 4 is 17.6 Å². The van der Waals surface area contributed by atoms with E-state index >= 15 is 0 Å². The molecule has 3 rings (SSSR count). The van der Waals surface area contributed by atoms with Crippen molar-refractivity contribution < 1.29 is 23.8 Å². The zero-order valence-electron chi connectivity index (χ0n) is 22.9. The molecule has 0 aliphatic carbocycles. The summed E-state index contributed by atoms with van der Waals surface area (Å²) >= 11 is 6.22. The molecule has 0 radical (unpaired) electrons.